The highest BCUT2D eigenvalue weighted by Crippen LogP contribution is 2.31. The third kappa shape index (κ3) is 2.15. The zero-order valence-corrected chi connectivity index (χ0v) is 10.7. The number of hydrogen-bond donors (Lipinski definition) is 0. The highest BCUT2D eigenvalue weighted by atomic mass is 79.9. The molecule has 0 aliphatic heterocycles. The van der Waals surface area contributed by atoms with Crippen LogP contribution < -0.4 is 0 Å². The molecule has 2 aromatic heterocycles. The number of nitrogens with zero attached hydrogens (tertiary/aromatic N) is 3. The minimum Gasteiger partial charge on any atom is -0.289 e. The minimum atomic E-state index is -4.44. The fourth-order valence-corrected chi connectivity index (χ4v) is 2.33. The summed E-state index contributed by atoms with van der Waals surface area (Å²) in [5.41, 5.74) is 0.00811. The number of aromatic nitrogens is 3. The van der Waals surface area contributed by atoms with E-state index in [0.717, 1.165) is 6.20 Å². The first-order chi connectivity index (χ1) is 7.80. The summed E-state index contributed by atoms with van der Waals surface area (Å²) in [5.74, 6) is 0.111. The first-order valence-corrected chi connectivity index (χ1v) is 5.70. The van der Waals surface area contributed by atoms with Crippen molar-refractivity contribution >= 4 is 21.6 Å². The van der Waals surface area contributed by atoms with Crippen LogP contribution >= 0.6 is 15.9 Å². The van der Waals surface area contributed by atoms with Crippen LogP contribution in [0, 0.1) is 0 Å². The Morgan fingerprint density at radius 1 is 1.35 bits per heavy atom. The molecule has 3 nitrogen and oxygen atoms in total. The molecule has 0 spiro atoms. The van der Waals surface area contributed by atoms with E-state index in [-0.39, 0.29) is 11.6 Å². The lowest BCUT2D eigenvalue weighted by Crippen LogP contribution is -2.04. The number of hydrogen-bond acceptors (Lipinski definition) is 2. The standard InChI is InChI=1S/C10H9BrF3N3/c1-5(2)8-7(11)9-16-6(10(12,13)14)3-17(9)4-15-8/h3-5H,1-2H3. The molecule has 92 valence electrons. The van der Waals surface area contributed by atoms with E-state index in [1.807, 2.05) is 13.8 Å². The maximum atomic E-state index is 12.5. The van der Waals surface area contributed by atoms with Gasteiger partial charge in [-0.05, 0) is 21.8 Å². The molecule has 0 amide bonds. The van der Waals surface area contributed by atoms with Gasteiger partial charge in [0.15, 0.2) is 11.3 Å². The van der Waals surface area contributed by atoms with E-state index in [4.69, 9.17) is 0 Å². The quantitative estimate of drug-likeness (QED) is 0.805. The topological polar surface area (TPSA) is 30.2 Å². The van der Waals surface area contributed by atoms with Gasteiger partial charge in [-0.1, -0.05) is 13.8 Å². The Bertz CT molecular complexity index is 560. The second kappa shape index (κ2) is 3.97. The Balaban J connectivity index is 2.66. The first-order valence-electron chi connectivity index (χ1n) is 4.91. The van der Waals surface area contributed by atoms with Crippen molar-refractivity contribution in [2.45, 2.75) is 25.9 Å². The van der Waals surface area contributed by atoms with Gasteiger partial charge in [0, 0.05) is 6.20 Å². The highest BCUT2D eigenvalue weighted by molar-refractivity contribution is 9.10. The van der Waals surface area contributed by atoms with Gasteiger partial charge in [-0.2, -0.15) is 13.2 Å². The normalized spacial score (nSPS) is 12.6. The van der Waals surface area contributed by atoms with Gasteiger partial charge >= 0.3 is 6.18 Å². The smallest absolute Gasteiger partial charge is 0.289 e. The minimum absolute atomic E-state index is 0.111. The number of halogens is 4. The van der Waals surface area contributed by atoms with Crippen molar-refractivity contribution in [2.24, 2.45) is 0 Å². The molecule has 2 heterocycles. The van der Waals surface area contributed by atoms with Crippen LogP contribution in [0.1, 0.15) is 31.2 Å². The maximum Gasteiger partial charge on any atom is 0.434 e. The van der Waals surface area contributed by atoms with Crippen molar-refractivity contribution in [3.8, 4) is 0 Å². The van der Waals surface area contributed by atoms with Crippen molar-refractivity contribution < 1.29 is 13.2 Å². The molecule has 0 aromatic carbocycles. The Morgan fingerprint density at radius 3 is 2.53 bits per heavy atom. The molecule has 0 aliphatic carbocycles. The Morgan fingerprint density at radius 2 is 2.00 bits per heavy atom. The molecule has 17 heavy (non-hydrogen) atoms. The van der Waals surface area contributed by atoms with Gasteiger partial charge < -0.3 is 0 Å². The molecule has 2 rings (SSSR count). The van der Waals surface area contributed by atoms with Crippen LogP contribution in [0.3, 0.4) is 0 Å². The van der Waals surface area contributed by atoms with Gasteiger partial charge in [0.2, 0.25) is 0 Å². The summed E-state index contributed by atoms with van der Waals surface area (Å²) in [6.45, 7) is 3.83. The molecule has 0 fully saturated rings. The van der Waals surface area contributed by atoms with E-state index < -0.39 is 11.9 Å². The SMILES string of the molecule is CC(C)c1ncn2cc(C(F)(F)F)nc2c1Br. The van der Waals surface area contributed by atoms with Crippen LogP contribution in [-0.4, -0.2) is 14.4 Å². The lowest BCUT2D eigenvalue weighted by Gasteiger charge is -2.07. The van der Waals surface area contributed by atoms with Gasteiger partial charge in [-0.25, -0.2) is 9.97 Å². The van der Waals surface area contributed by atoms with Gasteiger partial charge in [-0.15, -0.1) is 0 Å². The number of imidazole rings is 1. The summed E-state index contributed by atoms with van der Waals surface area (Å²) in [6, 6.07) is 0. The molecule has 0 bridgehead atoms. The summed E-state index contributed by atoms with van der Waals surface area (Å²) < 4.78 is 39.3. The average molecular weight is 308 g/mol. The molecule has 0 aliphatic rings. The number of fused-ring (bicyclic) bond motifs is 1. The van der Waals surface area contributed by atoms with E-state index in [9.17, 15) is 13.2 Å². The molecule has 0 atom stereocenters. The predicted molar refractivity (Wildman–Crippen MR) is 59.8 cm³/mol. The largest absolute Gasteiger partial charge is 0.434 e. The molecular formula is C10H9BrF3N3. The van der Waals surface area contributed by atoms with Gasteiger partial charge in [0.25, 0.3) is 0 Å². The van der Waals surface area contributed by atoms with Gasteiger partial charge in [-0.3, -0.25) is 4.40 Å². The molecule has 0 saturated heterocycles. The number of alkyl halides is 3. The first kappa shape index (κ1) is 12.3. The fraction of sp³-hybridized carbons (Fsp3) is 0.400. The Hall–Kier alpha value is -1.11. The van der Waals surface area contributed by atoms with Crippen LogP contribution in [0.15, 0.2) is 17.0 Å². The Kier molecular flexibility index (Phi) is 2.89. The number of rotatable bonds is 1. The molecular weight excluding hydrogens is 299 g/mol. The lowest BCUT2D eigenvalue weighted by molar-refractivity contribution is -0.140. The monoisotopic (exact) mass is 307 g/mol. The lowest BCUT2D eigenvalue weighted by atomic mass is 10.1. The van der Waals surface area contributed by atoms with Gasteiger partial charge in [0.1, 0.15) is 6.33 Å². The molecule has 0 radical (unpaired) electrons. The van der Waals surface area contributed by atoms with Crippen molar-refractivity contribution in [3.63, 3.8) is 0 Å². The van der Waals surface area contributed by atoms with Crippen LogP contribution in [0.5, 0.6) is 0 Å². The van der Waals surface area contributed by atoms with Crippen LogP contribution in [0.4, 0.5) is 13.2 Å². The summed E-state index contributed by atoms with van der Waals surface area (Å²) in [4.78, 5) is 7.69. The van der Waals surface area contributed by atoms with Crippen molar-refractivity contribution in [2.75, 3.05) is 0 Å². The fourth-order valence-electron chi connectivity index (χ4n) is 1.48. The zero-order valence-electron chi connectivity index (χ0n) is 9.09. The molecule has 7 heteroatoms. The maximum absolute atomic E-state index is 12.5. The van der Waals surface area contributed by atoms with E-state index in [1.54, 1.807) is 0 Å². The molecule has 0 unspecified atom stereocenters. The van der Waals surface area contributed by atoms with Gasteiger partial charge in [0.05, 0.1) is 10.2 Å². The summed E-state index contributed by atoms with van der Waals surface area (Å²) in [5, 5.41) is 0. The second-order valence-electron chi connectivity index (χ2n) is 3.95. The molecule has 2 aromatic rings. The van der Waals surface area contributed by atoms with Crippen LogP contribution in [0.2, 0.25) is 0 Å². The zero-order chi connectivity index (χ0) is 12.8. The van der Waals surface area contributed by atoms with E-state index in [0.29, 0.717) is 10.2 Å². The van der Waals surface area contributed by atoms with Crippen LogP contribution in [-0.2, 0) is 6.18 Å². The third-order valence-corrected chi connectivity index (χ3v) is 3.07. The Labute approximate surface area is 104 Å². The van der Waals surface area contributed by atoms with Crippen LogP contribution in [0.25, 0.3) is 5.65 Å². The summed E-state index contributed by atoms with van der Waals surface area (Å²) >= 11 is 3.25. The molecule has 0 N–H and O–H groups in total. The predicted octanol–water partition coefficient (Wildman–Crippen LogP) is 3.63. The van der Waals surface area contributed by atoms with E-state index in [1.165, 1.54) is 10.7 Å². The van der Waals surface area contributed by atoms with E-state index in [2.05, 4.69) is 25.9 Å². The van der Waals surface area contributed by atoms with Crippen molar-refractivity contribution in [1.82, 2.24) is 14.4 Å². The van der Waals surface area contributed by atoms with E-state index >= 15 is 0 Å². The second-order valence-corrected chi connectivity index (χ2v) is 4.75. The summed E-state index contributed by atoms with van der Waals surface area (Å²) in [6.07, 6.45) is -2.17. The third-order valence-electron chi connectivity index (χ3n) is 2.31. The average Bonchev–Trinajstić information content (AvgIpc) is 2.61. The molecule has 0 saturated carbocycles. The van der Waals surface area contributed by atoms with Crippen molar-refractivity contribution in [1.29, 1.82) is 0 Å². The summed E-state index contributed by atoms with van der Waals surface area (Å²) in [7, 11) is 0. The van der Waals surface area contributed by atoms with Crippen molar-refractivity contribution in [3.05, 3.63) is 28.4 Å². The highest BCUT2D eigenvalue weighted by Gasteiger charge is 2.34.